The maximum absolute atomic E-state index is 12.4. The summed E-state index contributed by atoms with van der Waals surface area (Å²) in [5.41, 5.74) is 0. The van der Waals surface area contributed by atoms with Gasteiger partial charge >= 0.3 is 0 Å². The number of amides is 1. The van der Waals surface area contributed by atoms with E-state index in [1.165, 1.54) is 0 Å². The van der Waals surface area contributed by atoms with Crippen molar-refractivity contribution in [2.75, 3.05) is 59.0 Å². The highest BCUT2D eigenvalue weighted by molar-refractivity contribution is 5.78. The van der Waals surface area contributed by atoms with Crippen LogP contribution in [0, 0.1) is 0 Å². The van der Waals surface area contributed by atoms with Crippen molar-refractivity contribution in [3.05, 3.63) is 11.7 Å². The summed E-state index contributed by atoms with van der Waals surface area (Å²) < 4.78 is 10.6. The number of nitrogens with zero attached hydrogens (tertiary/aromatic N) is 5. The zero-order valence-electron chi connectivity index (χ0n) is 14.4. The second kappa shape index (κ2) is 8.55. The molecule has 0 atom stereocenters. The van der Waals surface area contributed by atoms with Crippen LogP contribution >= 0.6 is 0 Å². The van der Waals surface area contributed by atoms with Gasteiger partial charge in [-0.2, -0.15) is 4.98 Å². The van der Waals surface area contributed by atoms with Gasteiger partial charge in [0.25, 0.3) is 0 Å². The van der Waals surface area contributed by atoms with Crippen LogP contribution in [-0.2, 0) is 22.5 Å². The average molecular weight is 337 g/mol. The van der Waals surface area contributed by atoms with E-state index in [0.29, 0.717) is 19.0 Å². The Kier molecular flexibility index (Phi) is 6.17. The van der Waals surface area contributed by atoms with Gasteiger partial charge in [0.1, 0.15) is 0 Å². The monoisotopic (exact) mass is 337 g/mol. The second-order valence-electron chi connectivity index (χ2n) is 6.40. The number of rotatable bonds is 6. The predicted octanol–water partition coefficient (Wildman–Crippen LogP) is -0.00150. The molecule has 8 heteroatoms. The van der Waals surface area contributed by atoms with Crippen LogP contribution < -0.4 is 0 Å². The van der Waals surface area contributed by atoms with Crippen LogP contribution in [0.2, 0.25) is 0 Å². The summed E-state index contributed by atoms with van der Waals surface area (Å²) in [7, 11) is 0. The van der Waals surface area contributed by atoms with Crippen molar-refractivity contribution >= 4 is 5.91 Å². The molecule has 1 aromatic heterocycles. The smallest absolute Gasteiger partial charge is 0.240 e. The lowest BCUT2D eigenvalue weighted by Crippen LogP contribution is -2.52. The van der Waals surface area contributed by atoms with E-state index in [1.807, 2.05) is 4.90 Å². The third kappa shape index (κ3) is 4.75. The molecule has 3 heterocycles. The van der Waals surface area contributed by atoms with Crippen molar-refractivity contribution in [2.45, 2.75) is 26.3 Å². The number of morpholine rings is 1. The molecule has 24 heavy (non-hydrogen) atoms. The Labute approximate surface area is 142 Å². The maximum atomic E-state index is 12.4. The summed E-state index contributed by atoms with van der Waals surface area (Å²) in [4.78, 5) is 23.2. The molecular weight excluding hydrogens is 310 g/mol. The van der Waals surface area contributed by atoms with Crippen molar-refractivity contribution in [3.63, 3.8) is 0 Å². The Morgan fingerprint density at radius 1 is 1.08 bits per heavy atom. The van der Waals surface area contributed by atoms with Crippen molar-refractivity contribution in [1.29, 1.82) is 0 Å². The third-order valence-corrected chi connectivity index (χ3v) is 4.53. The summed E-state index contributed by atoms with van der Waals surface area (Å²) in [6.07, 6.45) is 1.87. The van der Waals surface area contributed by atoms with Gasteiger partial charge in [0.15, 0.2) is 5.82 Å². The molecule has 0 radical (unpaired) electrons. The van der Waals surface area contributed by atoms with Crippen LogP contribution in [0.4, 0.5) is 0 Å². The minimum absolute atomic E-state index is 0.222. The van der Waals surface area contributed by atoms with Gasteiger partial charge in [0.05, 0.1) is 26.3 Å². The lowest BCUT2D eigenvalue weighted by Gasteiger charge is -2.35. The number of carbonyl (C=O) groups is 1. The molecule has 0 saturated carbocycles. The summed E-state index contributed by atoms with van der Waals surface area (Å²) in [6, 6.07) is 0. The molecule has 0 unspecified atom stereocenters. The number of aryl methyl sites for hydroxylation is 1. The molecule has 0 spiro atoms. The van der Waals surface area contributed by atoms with E-state index < -0.39 is 0 Å². The fraction of sp³-hybridized carbons (Fsp3) is 0.812. The van der Waals surface area contributed by atoms with E-state index in [-0.39, 0.29) is 5.91 Å². The Balaban J connectivity index is 1.40. The van der Waals surface area contributed by atoms with Gasteiger partial charge in [-0.3, -0.25) is 14.6 Å². The molecule has 134 valence electrons. The maximum Gasteiger partial charge on any atom is 0.240 e. The molecule has 1 aromatic rings. The molecule has 0 bridgehead atoms. The fourth-order valence-electron chi connectivity index (χ4n) is 3.08. The molecule has 2 fully saturated rings. The Morgan fingerprint density at radius 2 is 1.83 bits per heavy atom. The Morgan fingerprint density at radius 3 is 2.54 bits per heavy atom. The zero-order chi connectivity index (χ0) is 16.8. The number of hydrogen-bond acceptors (Lipinski definition) is 7. The van der Waals surface area contributed by atoms with Gasteiger partial charge in [-0.05, 0) is 6.42 Å². The lowest BCUT2D eigenvalue weighted by atomic mass is 10.3. The highest BCUT2D eigenvalue weighted by atomic mass is 16.5. The van der Waals surface area contributed by atoms with Crippen LogP contribution in [0.3, 0.4) is 0 Å². The van der Waals surface area contributed by atoms with Gasteiger partial charge < -0.3 is 14.2 Å². The largest absolute Gasteiger partial charge is 0.379 e. The molecule has 2 aliphatic heterocycles. The summed E-state index contributed by atoms with van der Waals surface area (Å²) >= 11 is 0. The SMILES string of the molecule is CCCc1noc(CN2CCN(C(=O)CN3CCOCC3)CC2)n1. The molecule has 1 amide bonds. The van der Waals surface area contributed by atoms with Gasteiger partial charge in [-0.15, -0.1) is 0 Å². The first-order valence-electron chi connectivity index (χ1n) is 8.86. The van der Waals surface area contributed by atoms with Crippen molar-refractivity contribution < 1.29 is 14.1 Å². The number of carbonyl (C=O) groups excluding carboxylic acids is 1. The molecule has 2 aliphatic rings. The van der Waals surface area contributed by atoms with E-state index in [1.54, 1.807) is 0 Å². The fourth-order valence-corrected chi connectivity index (χ4v) is 3.08. The molecular formula is C16H27N5O3. The van der Waals surface area contributed by atoms with E-state index in [0.717, 1.165) is 71.1 Å². The number of hydrogen-bond donors (Lipinski definition) is 0. The standard InChI is InChI=1S/C16H27N5O3/c1-2-3-14-17-15(24-18-14)12-19-4-6-21(7-5-19)16(22)13-20-8-10-23-11-9-20/h2-13H2,1H3. The van der Waals surface area contributed by atoms with Gasteiger partial charge in [-0.25, -0.2) is 0 Å². The third-order valence-electron chi connectivity index (χ3n) is 4.53. The lowest BCUT2D eigenvalue weighted by molar-refractivity contribution is -0.135. The molecule has 3 rings (SSSR count). The zero-order valence-corrected chi connectivity index (χ0v) is 14.4. The summed E-state index contributed by atoms with van der Waals surface area (Å²) in [5, 5.41) is 3.99. The van der Waals surface area contributed by atoms with E-state index in [9.17, 15) is 4.79 Å². The molecule has 0 N–H and O–H groups in total. The van der Waals surface area contributed by atoms with E-state index >= 15 is 0 Å². The molecule has 0 aliphatic carbocycles. The van der Waals surface area contributed by atoms with Crippen LogP contribution in [0.25, 0.3) is 0 Å². The highest BCUT2D eigenvalue weighted by Gasteiger charge is 2.24. The quantitative estimate of drug-likeness (QED) is 0.723. The molecule has 2 saturated heterocycles. The van der Waals surface area contributed by atoms with E-state index in [4.69, 9.17) is 9.26 Å². The van der Waals surface area contributed by atoms with Crippen molar-refractivity contribution in [2.24, 2.45) is 0 Å². The first kappa shape index (κ1) is 17.3. The van der Waals surface area contributed by atoms with Gasteiger partial charge in [0, 0.05) is 45.7 Å². The van der Waals surface area contributed by atoms with E-state index in [2.05, 4.69) is 26.9 Å². The average Bonchev–Trinajstić information content (AvgIpc) is 3.04. The summed E-state index contributed by atoms with van der Waals surface area (Å²) in [6.45, 7) is 9.65. The highest BCUT2D eigenvalue weighted by Crippen LogP contribution is 2.09. The van der Waals surface area contributed by atoms with Crippen LogP contribution in [0.15, 0.2) is 4.52 Å². The number of piperazine rings is 1. The van der Waals surface area contributed by atoms with Crippen molar-refractivity contribution in [3.8, 4) is 0 Å². The first-order chi connectivity index (χ1) is 11.7. The van der Waals surface area contributed by atoms with Gasteiger partial charge in [0.2, 0.25) is 11.8 Å². The second-order valence-corrected chi connectivity index (χ2v) is 6.40. The first-order valence-corrected chi connectivity index (χ1v) is 8.86. The van der Waals surface area contributed by atoms with Crippen molar-refractivity contribution in [1.82, 2.24) is 24.8 Å². The van der Waals surface area contributed by atoms with Crippen LogP contribution in [-0.4, -0.2) is 89.8 Å². The minimum atomic E-state index is 0.222. The normalized spacial score (nSPS) is 20.5. The van der Waals surface area contributed by atoms with Crippen LogP contribution in [0.1, 0.15) is 25.1 Å². The Bertz CT molecular complexity index is 522. The van der Waals surface area contributed by atoms with Crippen LogP contribution in [0.5, 0.6) is 0 Å². The predicted molar refractivity (Wildman–Crippen MR) is 87.4 cm³/mol. The topological polar surface area (TPSA) is 74.9 Å². The minimum Gasteiger partial charge on any atom is -0.379 e. The number of aromatic nitrogens is 2. The Hall–Kier alpha value is -1.51. The van der Waals surface area contributed by atoms with Gasteiger partial charge in [-0.1, -0.05) is 12.1 Å². The molecule has 0 aromatic carbocycles. The molecule has 8 nitrogen and oxygen atoms in total. The summed E-state index contributed by atoms with van der Waals surface area (Å²) in [5.74, 6) is 1.68. The number of ether oxygens (including phenoxy) is 1.